The monoisotopic (exact) mass is 264 g/mol. The quantitative estimate of drug-likeness (QED) is 0.269. The zero-order valence-corrected chi connectivity index (χ0v) is 12.0. The van der Waals surface area contributed by atoms with Crippen molar-refractivity contribution in [1.29, 1.82) is 0 Å². The smallest absolute Gasteiger partial charge is 0.212 e. The van der Waals surface area contributed by atoms with Gasteiger partial charge in [0.05, 0.1) is 0 Å². The summed E-state index contributed by atoms with van der Waals surface area (Å²) in [5, 5.41) is 0. The molecule has 0 saturated carbocycles. The molecule has 0 fully saturated rings. The Labute approximate surface area is 115 Å². The number of guanidine groups is 1. The van der Waals surface area contributed by atoms with E-state index in [1.165, 1.54) is 5.56 Å². The third-order valence-electron chi connectivity index (χ3n) is 2.95. The molecule has 0 aliphatic rings. The molecule has 0 saturated heterocycles. The Kier molecular flexibility index (Phi) is 6.92. The van der Waals surface area contributed by atoms with Gasteiger partial charge in [-0.05, 0) is 30.5 Å². The first-order valence-corrected chi connectivity index (χ1v) is 6.55. The first-order valence-electron chi connectivity index (χ1n) is 6.55. The predicted octanol–water partition coefficient (Wildman–Crippen LogP) is 1.54. The van der Waals surface area contributed by atoms with Crippen LogP contribution in [-0.2, 0) is 11.2 Å². The summed E-state index contributed by atoms with van der Waals surface area (Å²) >= 11 is 0. The van der Waals surface area contributed by atoms with Crippen LogP contribution in [0, 0.1) is 0 Å². The Balaban J connectivity index is 2.68. The van der Waals surface area contributed by atoms with Crippen LogP contribution in [0.3, 0.4) is 0 Å². The molecule has 1 rings (SSSR count). The van der Waals surface area contributed by atoms with E-state index >= 15 is 0 Å². The van der Waals surface area contributed by atoms with Crippen molar-refractivity contribution in [3.63, 3.8) is 0 Å². The first kappa shape index (κ1) is 15.5. The number of hydrazine groups is 1. The molecule has 106 valence electrons. The molecule has 5 heteroatoms. The minimum absolute atomic E-state index is 0.653. The highest BCUT2D eigenvalue weighted by atomic mass is 16.5. The second-order valence-electron chi connectivity index (χ2n) is 4.28. The number of hydrogen-bond donors (Lipinski definition) is 2. The zero-order chi connectivity index (χ0) is 14.1. The van der Waals surface area contributed by atoms with Crippen LogP contribution < -0.4 is 16.2 Å². The molecule has 3 N–H and O–H groups in total. The molecule has 0 aliphatic carbocycles. The first-order chi connectivity index (χ1) is 9.22. The highest BCUT2D eigenvalue weighted by Gasteiger charge is 2.06. The largest absolute Gasteiger partial charge is 0.385 e. The molecule has 0 aliphatic heterocycles. The summed E-state index contributed by atoms with van der Waals surface area (Å²) in [6, 6.07) is 8.37. The fourth-order valence-corrected chi connectivity index (χ4v) is 1.72. The Hall–Kier alpha value is -1.59. The van der Waals surface area contributed by atoms with Crippen molar-refractivity contribution in [2.45, 2.75) is 19.8 Å². The lowest BCUT2D eigenvalue weighted by Gasteiger charge is -2.21. The Morgan fingerprint density at radius 2 is 2.05 bits per heavy atom. The van der Waals surface area contributed by atoms with Gasteiger partial charge in [-0.3, -0.25) is 10.4 Å². The highest BCUT2D eigenvalue weighted by molar-refractivity contribution is 5.95. The standard InChI is InChI=1S/C14H24N4O/c1-4-12-6-8-13(9-7-12)18(2)14(17-15)16-10-5-11-19-3/h6-9H,4-5,10-11,15H2,1-3H3,(H,16,17). The van der Waals surface area contributed by atoms with Gasteiger partial charge >= 0.3 is 0 Å². The van der Waals surface area contributed by atoms with Crippen LogP contribution in [0.2, 0.25) is 0 Å². The Morgan fingerprint density at radius 1 is 1.37 bits per heavy atom. The van der Waals surface area contributed by atoms with Crippen LogP contribution in [0.4, 0.5) is 5.69 Å². The van der Waals surface area contributed by atoms with Gasteiger partial charge in [0.1, 0.15) is 0 Å². The summed E-state index contributed by atoms with van der Waals surface area (Å²) in [6.45, 7) is 3.53. The Morgan fingerprint density at radius 3 is 2.58 bits per heavy atom. The zero-order valence-electron chi connectivity index (χ0n) is 12.0. The van der Waals surface area contributed by atoms with E-state index in [1.54, 1.807) is 7.11 Å². The van der Waals surface area contributed by atoms with Gasteiger partial charge in [0.2, 0.25) is 5.96 Å². The van der Waals surface area contributed by atoms with E-state index in [9.17, 15) is 0 Å². The van der Waals surface area contributed by atoms with E-state index < -0.39 is 0 Å². The summed E-state index contributed by atoms with van der Waals surface area (Å²) in [5.41, 5.74) is 5.01. The normalized spacial score (nSPS) is 11.5. The number of rotatable bonds is 6. The maximum absolute atomic E-state index is 5.53. The van der Waals surface area contributed by atoms with Crippen molar-refractivity contribution in [3.05, 3.63) is 29.8 Å². The number of aryl methyl sites for hydroxylation is 1. The fourth-order valence-electron chi connectivity index (χ4n) is 1.72. The average Bonchev–Trinajstić information content (AvgIpc) is 2.47. The van der Waals surface area contributed by atoms with E-state index in [1.807, 2.05) is 11.9 Å². The summed E-state index contributed by atoms with van der Waals surface area (Å²) in [5.74, 6) is 6.18. The summed E-state index contributed by atoms with van der Waals surface area (Å²) in [4.78, 5) is 6.36. The van der Waals surface area contributed by atoms with Crippen LogP contribution in [0.25, 0.3) is 0 Å². The van der Waals surface area contributed by atoms with Crippen LogP contribution in [0.1, 0.15) is 18.9 Å². The minimum Gasteiger partial charge on any atom is -0.385 e. The van der Waals surface area contributed by atoms with Crippen molar-refractivity contribution in [2.75, 3.05) is 32.2 Å². The molecular formula is C14H24N4O. The molecule has 0 amide bonds. The van der Waals surface area contributed by atoms with Crippen molar-refractivity contribution < 1.29 is 4.74 Å². The maximum atomic E-state index is 5.53. The van der Waals surface area contributed by atoms with E-state index in [0.29, 0.717) is 19.1 Å². The Bertz CT molecular complexity index is 389. The molecule has 0 bridgehead atoms. The van der Waals surface area contributed by atoms with Gasteiger partial charge in [-0.15, -0.1) is 0 Å². The second kappa shape index (κ2) is 8.50. The van der Waals surface area contributed by atoms with E-state index in [-0.39, 0.29) is 0 Å². The molecule has 0 atom stereocenters. The van der Waals surface area contributed by atoms with Crippen molar-refractivity contribution in [2.24, 2.45) is 10.8 Å². The summed E-state index contributed by atoms with van der Waals surface area (Å²) < 4.78 is 4.99. The van der Waals surface area contributed by atoms with Crippen LogP contribution in [0.5, 0.6) is 0 Å². The topological polar surface area (TPSA) is 62.9 Å². The van der Waals surface area contributed by atoms with Gasteiger partial charge in [-0.1, -0.05) is 19.1 Å². The van der Waals surface area contributed by atoms with Crippen molar-refractivity contribution >= 4 is 11.6 Å². The van der Waals surface area contributed by atoms with Gasteiger partial charge in [0.25, 0.3) is 0 Å². The molecule has 0 heterocycles. The van der Waals surface area contributed by atoms with Gasteiger partial charge in [-0.25, -0.2) is 5.84 Å². The molecule has 0 spiro atoms. The van der Waals surface area contributed by atoms with Crippen LogP contribution >= 0.6 is 0 Å². The molecule has 5 nitrogen and oxygen atoms in total. The predicted molar refractivity (Wildman–Crippen MR) is 80.3 cm³/mol. The number of benzene rings is 1. The lowest BCUT2D eigenvalue weighted by Crippen LogP contribution is -2.43. The SMILES string of the molecule is CCc1ccc(N(C)C(=NCCCOC)NN)cc1. The van der Waals surface area contributed by atoms with E-state index in [2.05, 4.69) is 41.6 Å². The summed E-state index contributed by atoms with van der Waals surface area (Å²) in [7, 11) is 3.63. The lowest BCUT2D eigenvalue weighted by atomic mass is 10.1. The second-order valence-corrected chi connectivity index (χ2v) is 4.28. The van der Waals surface area contributed by atoms with Crippen LogP contribution in [0.15, 0.2) is 29.3 Å². The molecular weight excluding hydrogens is 240 g/mol. The third kappa shape index (κ3) is 4.89. The van der Waals surface area contributed by atoms with E-state index in [4.69, 9.17) is 10.6 Å². The molecule has 19 heavy (non-hydrogen) atoms. The highest BCUT2D eigenvalue weighted by Crippen LogP contribution is 2.14. The number of hydrogen-bond acceptors (Lipinski definition) is 3. The fraction of sp³-hybridized carbons (Fsp3) is 0.500. The minimum atomic E-state index is 0.653. The molecule has 0 radical (unpaired) electrons. The number of ether oxygens (including phenoxy) is 1. The number of nitrogens with two attached hydrogens (primary N) is 1. The van der Waals surface area contributed by atoms with Crippen molar-refractivity contribution in [1.82, 2.24) is 5.43 Å². The maximum Gasteiger partial charge on any atom is 0.212 e. The molecule has 1 aromatic rings. The van der Waals surface area contributed by atoms with Gasteiger partial charge in [0.15, 0.2) is 0 Å². The number of nitrogens with one attached hydrogen (secondary N) is 1. The van der Waals surface area contributed by atoms with Crippen LogP contribution in [-0.4, -0.2) is 33.3 Å². The molecule has 1 aromatic carbocycles. The van der Waals surface area contributed by atoms with Crippen molar-refractivity contribution in [3.8, 4) is 0 Å². The molecule has 0 aromatic heterocycles. The number of methoxy groups -OCH3 is 1. The average molecular weight is 264 g/mol. The summed E-state index contributed by atoms with van der Waals surface area (Å²) in [6.07, 6.45) is 1.92. The molecule has 0 unspecified atom stereocenters. The van der Waals surface area contributed by atoms with Gasteiger partial charge < -0.3 is 9.64 Å². The number of anilines is 1. The van der Waals surface area contributed by atoms with Gasteiger partial charge in [0, 0.05) is 33.0 Å². The lowest BCUT2D eigenvalue weighted by molar-refractivity contribution is 0.197. The number of nitrogens with zero attached hydrogens (tertiary/aromatic N) is 2. The van der Waals surface area contributed by atoms with E-state index in [0.717, 1.165) is 18.5 Å². The number of aliphatic imine (C=N–C) groups is 1. The third-order valence-corrected chi connectivity index (χ3v) is 2.95. The van der Waals surface area contributed by atoms with Gasteiger partial charge in [-0.2, -0.15) is 0 Å².